The van der Waals surface area contributed by atoms with E-state index in [1.807, 2.05) is 30.8 Å². The highest BCUT2D eigenvalue weighted by Crippen LogP contribution is 2.34. The zero-order chi connectivity index (χ0) is 15.3. The number of benzene rings is 1. The highest BCUT2D eigenvalue weighted by Gasteiger charge is 2.16. The van der Waals surface area contributed by atoms with E-state index in [0.29, 0.717) is 0 Å². The molecule has 2 rings (SSSR count). The summed E-state index contributed by atoms with van der Waals surface area (Å²) in [5.74, 6) is 0.387. The van der Waals surface area contributed by atoms with Gasteiger partial charge >= 0.3 is 0 Å². The van der Waals surface area contributed by atoms with E-state index in [0.717, 1.165) is 10.9 Å². The summed E-state index contributed by atoms with van der Waals surface area (Å²) < 4.78 is 23.2. The minimum atomic E-state index is -2.93. The molecule has 1 aliphatic rings. The highest BCUT2D eigenvalue weighted by atomic mass is 32.2. The molecule has 0 aliphatic heterocycles. The Bertz CT molecular complexity index is 534. The molecule has 0 aromatic heterocycles. The van der Waals surface area contributed by atoms with Gasteiger partial charge in [-0.1, -0.05) is 19.8 Å². The zero-order valence-electron chi connectivity index (χ0n) is 12.8. The molecule has 0 radical (unpaired) electrons. The van der Waals surface area contributed by atoms with Crippen molar-refractivity contribution >= 4 is 27.3 Å². The maximum absolute atomic E-state index is 11.6. The van der Waals surface area contributed by atoms with Gasteiger partial charge in [-0.05, 0) is 44.0 Å². The molecule has 1 fully saturated rings. The fourth-order valence-electron chi connectivity index (χ4n) is 2.65. The van der Waals surface area contributed by atoms with Crippen molar-refractivity contribution in [2.75, 3.05) is 16.8 Å². The lowest BCUT2D eigenvalue weighted by atomic mass is 10.3. The first kappa shape index (κ1) is 16.7. The van der Waals surface area contributed by atoms with E-state index in [-0.39, 0.29) is 17.5 Å². The molecule has 1 aliphatic carbocycles. The van der Waals surface area contributed by atoms with Crippen LogP contribution in [-0.2, 0) is 9.84 Å². The molecule has 3 nitrogen and oxygen atoms in total. The number of hydrogen-bond acceptors (Lipinski definition) is 4. The van der Waals surface area contributed by atoms with E-state index >= 15 is 0 Å². The van der Waals surface area contributed by atoms with Gasteiger partial charge in [0.1, 0.15) is 0 Å². The second-order valence-electron chi connectivity index (χ2n) is 5.79. The lowest BCUT2D eigenvalue weighted by molar-refractivity contribution is 0.593. The summed E-state index contributed by atoms with van der Waals surface area (Å²) >= 11 is 1.97. The predicted molar refractivity (Wildman–Crippen MR) is 92.0 cm³/mol. The SMILES string of the molecule is CCS(=O)(=O)CC(C)Nc1ccc(SC2CCCC2)cc1. The standard InChI is InChI=1S/C16H25NO2S2/c1-3-21(18,19)12-13(2)17-14-8-10-16(11-9-14)20-15-6-4-5-7-15/h8-11,13,15,17H,3-7,12H2,1-2H3. The molecule has 0 spiro atoms. The molecule has 21 heavy (non-hydrogen) atoms. The van der Waals surface area contributed by atoms with E-state index in [2.05, 4.69) is 17.4 Å². The average Bonchev–Trinajstić information content (AvgIpc) is 2.93. The summed E-state index contributed by atoms with van der Waals surface area (Å²) in [4.78, 5) is 1.31. The van der Waals surface area contributed by atoms with Crippen LogP contribution in [0.5, 0.6) is 0 Å². The van der Waals surface area contributed by atoms with Gasteiger partial charge in [-0.25, -0.2) is 8.42 Å². The number of sulfone groups is 1. The summed E-state index contributed by atoms with van der Waals surface area (Å²) in [7, 11) is -2.93. The molecule has 0 amide bonds. The lowest BCUT2D eigenvalue weighted by Gasteiger charge is -2.15. The van der Waals surface area contributed by atoms with Crippen molar-refractivity contribution in [3.05, 3.63) is 24.3 Å². The van der Waals surface area contributed by atoms with Crippen LogP contribution in [0.3, 0.4) is 0 Å². The van der Waals surface area contributed by atoms with Gasteiger partial charge in [-0.3, -0.25) is 0 Å². The third kappa shape index (κ3) is 5.55. The van der Waals surface area contributed by atoms with Crippen LogP contribution in [0.15, 0.2) is 29.2 Å². The Morgan fingerprint density at radius 1 is 1.24 bits per heavy atom. The normalized spacial score (nSPS) is 17.8. The molecule has 1 saturated carbocycles. The van der Waals surface area contributed by atoms with Crippen LogP contribution >= 0.6 is 11.8 Å². The van der Waals surface area contributed by atoms with Crippen molar-refractivity contribution in [3.63, 3.8) is 0 Å². The van der Waals surface area contributed by atoms with Crippen LogP contribution in [0.25, 0.3) is 0 Å². The van der Waals surface area contributed by atoms with Crippen molar-refractivity contribution in [2.45, 2.75) is 55.7 Å². The van der Waals surface area contributed by atoms with Gasteiger partial charge in [0.15, 0.2) is 9.84 Å². The van der Waals surface area contributed by atoms with E-state index in [1.165, 1.54) is 30.6 Å². The van der Waals surface area contributed by atoms with E-state index in [4.69, 9.17) is 0 Å². The predicted octanol–water partition coefficient (Wildman–Crippen LogP) is 3.96. The van der Waals surface area contributed by atoms with Gasteiger partial charge in [0.05, 0.1) is 5.75 Å². The van der Waals surface area contributed by atoms with Gasteiger partial charge in [-0.15, -0.1) is 11.8 Å². The first-order chi connectivity index (χ1) is 9.98. The topological polar surface area (TPSA) is 46.2 Å². The molecule has 1 N–H and O–H groups in total. The summed E-state index contributed by atoms with van der Waals surface area (Å²) in [6.45, 7) is 3.60. The molecule has 5 heteroatoms. The van der Waals surface area contributed by atoms with E-state index in [1.54, 1.807) is 6.92 Å². The van der Waals surface area contributed by atoms with Crippen LogP contribution in [0, 0.1) is 0 Å². The number of rotatable bonds is 7. The van der Waals surface area contributed by atoms with Crippen LogP contribution in [0.1, 0.15) is 39.5 Å². The van der Waals surface area contributed by atoms with Crippen molar-refractivity contribution in [2.24, 2.45) is 0 Å². The number of thioether (sulfide) groups is 1. The van der Waals surface area contributed by atoms with Crippen molar-refractivity contribution < 1.29 is 8.42 Å². The Labute approximate surface area is 132 Å². The summed E-state index contributed by atoms with van der Waals surface area (Å²) in [6, 6.07) is 8.29. The monoisotopic (exact) mass is 327 g/mol. The third-order valence-corrected chi connectivity index (χ3v) is 7.05. The van der Waals surface area contributed by atoms with Gasteiger partial charge in [0.25, 0.3) is 0 Å². The Morgan fingerprint density at radius 2 is 1.86 bits per heavy atom. The van der Waals surface area contributed by atoms with Crippen molar-refractivity contribution in [3.8, 4) is 0 Å². The molecule has 1 atom stereocenters. The fourth-order valence-corrected chi connectivity index (χ4v) is 4.98. The second kappa shape index (κ2) is 7.54. The van der Waals surface area contributed by atoms with Crippen LogP contribution in [-0.4, -0.2) is 31.2 Å². The molecular weight excluding hydrogens is 302 g/mol. The molecule has 1 aromatic rings. The minimum absolute atomic E-state index is 0.0664. The van der Waals surface area contributed by atoms with Crippen molar-refractivity contribution in [1.82, 2.24) is 0 Å². The maximum Gasteiger partial charge on any atom is 0.152 e. The van der Waals surface area contributed by atoms with Gasteiger partial charge < -0.3 is 5.32 Å². The van der Waals surface area contributed by atoms with Gasteiger partial charge in [-0.2, -0.15) is 0 Å². The number of hydrogen-bond donors (Lipinski definition) is 1. The molecule has 0 heterocycles. The first-order valence-electron chi connectivity index (χ1n) is 7.72. The summed E-state index contributed by atoms with van der Waals surface area (Å²) in [5.41, 5.74) is 0.990. The largest absolute Gasteiger partial charge is 0.382 e. The van der Waals surface area contributed by atoms with E-state index < -0.39 is 9.84 Å². The number of nitrogens with one attached hydrogen (secondary N) is 1. The quantitative estimate of drug-likeness (QED) is 0.823. The lowest BCUT2D eigenvalue weighted by Crippen LogP contribution is -2.26. The zero-order valence-corrected chi connectivity index (χ0v) is 14.5. The Kier molecular flexibility index (Phi) is 5.99. The fraction of sp³-hybridized carbons (Fsp3) is 0.625. The van der Waals surface area contributed by atoms with Crippen LogP contribution < -0.4 is 5.32 Å². The highest BCUT2D eigenvalue weighted by molar-refractivity contribution is 8.00. The molecule has 1 aromatic carbocycles. The smallest absolute Gasteiger partial charge is 0.152 e. The Balaban J connectivity index is 1.86. The first-order valence-corrected chi connectivity index (χ1v) is 10.4. The van der Waals surface area contributed by atoms with Gasteiger partial charge in [0, 0.05) is 27.6 Å². The van der Waals surface area contributed by atoms with Crippen LogP contribution in [0.2, 0.25) is 0 Å². The maximum atomic E-state index is 11.6. The molecule has 118 valence electrons. The Morgan fingerprint density at radius 3 is 2.43 bits per heavy atom. The van der Waals surface area contributed by atoms with Crippen molar-refractivity contribution in [1.29, 1.82) is 0 Å². The molecular formula is C16H25NO2S2. The molecule has 0 saturated heterocycles. The van der Waals surface area contributed by atoms with E-state index in [9.17, 15) is 8.42 Å². The second-order valence-corrected chi connectivity index (χ2v) is 9.56. The molecule has 0 bridgehead atoms. The third-order valence-electron chi connectivity index (χ3n) is 3.82. The number of anilines is 1. The summed E-state index contributed by atoms with van der Waals surface area (Å²) in [6.07, 6.45) is 5.38. The Hall–Kier alpha value is -0.680. The molecule has 1 unspecified atom stereocenters. The average molecular weight is 328 g/mol. The van der Waals surface area contributed by atoms with Crippen LogP contribution in [0.4, 0.5) is 5.69 Å². The summed E-state index contributed by atoms with van der Waals surface area (Å²) in [5, 5.41) is 4.04. The minimum Gasteiger partial charge on any atom is -0.382 e. The van der Waals surface area contributed by atoms with Gasteiger partial charge in [0.2, 0.25) is 0 Å².